The smallest absolute Gasteiger partial charge is 0.114 e. The molecule has 0 saturated heterocycles. The molecule has 0 saturated carbocycles. The topological polar surface area (TPSA) is 29.5 Å². The van der Waals surface area contributed by atoms with Crippen molar-refractivity contribution in [2.75, 3.05) is 0 Å². The van der Waals surface area contributed by atoms with E-state index in [1.54, 1.807) is 0 Å². The predicted molar refractivity (Wildman–Crippen MR) is 58.1 cm³/mol. The molecule has 1 rings (SSSR count). The largest absolute Gasteiger partial charge is 0.251 e. The van der Waals surface area contributed by atoms with Crippen LogP contribution >= 0.6 is 0 Å². The Morgan fingerprint density at radius 3 is 2.71 bits per heavy atom. The van der Waals surface area contributed by atoms with E-state index in [4.69, 9.17) is 5.26 Å². The molecule has 0 aromatic heterocycles. The van der Waals surface area contributed by atoms with Gasteiger partial charge in [-0.05, 0) is 36.7 Å². The summed E-state index contributed by atoms with van der Waals surface area (Å²) in [5, 5.41) is 8.84. The Morgan fingerprint density at radius 1 is 1.43 bits per heavy atom. The number of hydrogen-bond donors (Lipinski definition) is 1. The molecule has 0 fully saturated rings. The second-order valence-electron chi connectivity index (χ2n) is 5.39. The lowest BCUT2D eigenvalue weighted by Gasteiger charge is -2.24. The molecule has 0 aromatic rings. The van der Waals surface area contributed by atoms with Crippen molar-refractivity contribution in [3.8, 4) is 0 Å². The number of rotatable bonds is 2. The van der Waals surface area contributed by atoms with E-state index in [1.807, 2.05) is 0 Å². The minimum Gasteiger partial charge on any atom is -0.251 e. The molecular weight excluding hydrogens is 176 g/mol. The van der Waals surface area contributed by atoms with E-state index in [2.05, 4.69) is 31.7 Å². The van der Waals surface area contributed by atoms with Crippen molar-refractivity contribution >= 4 is 0 Å². The fraction of sp³-hybridized carbons (Fsp3) is 0.833. The van der Waals surface area contributed by atoms with Gasteiger partial charge in [0.2, 0.25) is 0 Å². The quantitative estimate of drug-likeness (QED) is 0.415. The van der Waals surface area contributed by atoms with Gasteiger partial charge in [-0.3, -0.25) is 5.26 Å². The third-order valence-electron chi connectivity index (χ3n) is 2.60. The van der Waals surface area contributed by atoms with Gasteiger partial charge in [0, 0.05) is 0 Å². The molecule has 0 aromatic carbocycles. The van der Waals surface area contributed by atoms with Crippen LogP contribution in [0.25, 0.3) is 0 Å². The first kappa shape index (κ1) is 11.7. The molecule has 14 heavy (non-hydrogen) atoms. The lowest BCUT2D eigenvalue weighted by Crippen LogP contribution is -2.18. The highest BCUT2D eigenvalue weighted by molar-refractivity contribution is 5.11. The molecule has 0 heterocycles. The van der Waals surface area contributed by atoms with E-state index >= 15 is 0 Å². The monoisotopic (exact) mass is 198 g/mol. The zero-order valence-electron chi connectivity index (χ0n) is 9.55. The summed E-state index contributed by atoms with van der Waals surface area (Å²) in [7, 11) is 0. The van der Waals surface area contributed by atoms with Crippen LogP contribution in [0.15, 0.2) is 11.6 Å². The summed E-state index contributed by atoms with van der Waals surface area (Å²) < 4.78 is 0. The molecule has 2 nitrogen and oxygen atoms in total. The SMILES string of the molecule is CC(C)(C)CC1=CCCCCC1OO. The van der Waals surface area contributed by atoms with Crippen molar-refractivity contribution in [3.63, 3.8) is 0 Å². The second kappa shape index (κ2) is 4.94. The van der Waals surface area contributed by atoms with Gasteiger partial charge in [-0.25, -0.2) is 4.89 Å². The molecule has 0 amide bonds. The Balaban J connectivity index is 2.65. The molecule has 82 valence electrons. The van der Waals surface area contributed by atoms with Crippen LogP contribution in [0.3, 0.4) is 0 Å². The Hall–Kier alpha value is -0.340. The van der Waals surface area contributed by atoms with E-state index in [0.717, 1.165) is 25.7 Å². The van der Waals surface area contributed by atoms with E-state index in [-0.39, 0.29) is 11.5 Å². The summed E-state index contributed by atoms with van der Waals surface area (Å²) in [6.45, 7) is 6.65. The Labute approximate surface area is 86.9 Å². The van der Waals surface area contributed by atoms with Crippen LogP contribution in [-0.4, -0.2) is 11.4 Å². The normalized spacial score (nSPS) is 24.3. The van der Waals surface area contributed by atoms with Crippen molar-refractivity contribution in [3.05, 3.63) is 11.6 Å². The lowest BCUT2D eigenvalue weighted by atomic mass is 9.85. The molecule has 0 radical (unpaired) electrons. The van der Waals surface area contributed by atoms with Gasteiger partial charge in [0.05, 0.1) is 0 Å². The van der Waals surface area contributed by atoms with Gasteiger partial charge >= 0.3 is 0 Å². The predicted octanol–water partition coefficient (Wildman–Crippen LogP) is 3.78. The molecule has 0 aliphatic heterocycles. The van der Waals surface area contributed by atoms with Crippen molar-refractivity contribution < 1.29 is 10.1 Å². The third kappa shape index (κ3) is 3.81. The summed E-state index contributed by atoms with van der Waals surface area (Å²) in [6.07, 6.45) is 7.65. The van der Waals surface area contributed by atoms with Crippen LogP contribution in [0.5, 0.6) is 0 Å². The highest BCUT2D eigenvalue weighted by Gasteiger charge is 2.22. The summed E-state index contributed by atoms with van der Waals surface area (Å²) in [4.78, 5) is 4.56. The first-order valence-corrected chi connectivity index (χ1v) is 5.52. The summed E-state index contributed by atoms with van der Waals surface area (Å²) in [5.41, 5.74) is 1.55. The third-order valence-corrected chi connectivity index (χ3v) is 2.60. The van der Waals surface area contributed by atoms with Crippen molar-refractivity contribution in [2.24, 2.45) is 5.41 Å². The first-order valence-electron chi connectivity index (χ1n) is 5.52. The van der Waals surface area contributed by atoms with Crippen LogP contribution in [0.1, 0.15) is 52.9 Å². The number of allylic oxidation sites excluding steroid dienone is 1. The summed E-state index contributed by atoms with van der Waals surface area (Å²) >= 11 is 0. The maximum atomic E-state index is 8.84. The maximum Gasteiger partial charge on any atom is 0.114 e. The summed E-state index contributed by atoms with van der Waals surface area (Å²) in [5.74, 6) is 0. The second-order valence-corrected chi connectivity index (χ2v) is 5.39. The molecule has 2 heteroatoms. The number of hydrogen-bond acceptors (Lipinski definition) is 2. The molecule has 1 aliphatic carbocycles. The van der Waals surface area contributed by atoms with Gasteiger partial charge in [-0.15, -0.1) is 0 Å². The fourth-order valence-corrected chi connectivity index (χ4v) is 2.00. The van der Waals surface area contributed by atoms with Crippen molar-refractivity contribution in [2.45, 2.75) is 59.0 Å². The molecule has 0 bridgehead atoms. The molecule has 1 atom stereocenters. The Morgan fingerprint density at radius 2 is 2.14 bits per heavy atom. The minimum atomic E-state index is -0.0586. The van der Waals surface area contributed by atoms with E-state index < -0.39 is 0 Å². The Kier molecular flexibility index (Phi) is 4.14. The van der Waals surface area contributed by atoms with Crippen LogP contribution in [0, 0.1) is 5.41 Å². The van der Waals surface area contributed by atoms with Gasteiger partial charge in [-0.2, -0.15) is 0 Å². The molecule has 0 spiro atoms. The van der Waals surface area contributed by atoms with Gasteiger partial charge < -0.3 is 0 Å². The van der Waals surface area contributed by atoms with Gasteiger partial charge in [0.25, 0.3) is 0 Å². The first-order chi connectivity index (χ1) is 6.53. The standard InChI is InChI=1S/C12H22O2/c1-12(2,3)9-10-7-5-4-6-8-11(10)14-13/h7,11,13H,4-6,8-9H2,1-3H3. The minimum absolute atomic E-state index is 0.0586. The van der Waals surface area contributed by atoms with Crippen molar-refractivity contribution in [1.82, 2.24) is 0 Å². The van der Waals surface area contributed by atoms with Crippen LogP contribution < -0.4 is 0 Å². The van der Waals surface area contributed by atoms with E-state index in [0.29, 0.717) is 0 Å². The van der Waals surface area contributed by atoms with Crippen LogP contribution in [0.2, 0.25) is 0 Å². The lowest BCUT2D eigenvalue weighted by molar-refractivity contribution is -0.270. The van der Waals surface area contributed by atoms with E-state index in [9.17, 15) is 0 Å². The van der Waals surface area contributed by atoms with Crippen LogP contribution in [0.4, 0.5) is 0 Å². The molecule has 1 unspecified atom stereocenters. The maximum absolute atomic E-state index is 8.84. The van der Waals surface area contributed by atoms with Gasteiger partial charge in [0.15, 0.2) is 0 Å². The average molecular weight is 198 g/mol. The van der Waals surface area contributed by atoms with Crippen LogP contribution in [-0.2, 0) is 4.89 Å². The average Bonchev–Trinajstić information content (AvgIpc) is 2.27. The van der Waals surface area contributed by atoms with Gasteiger partial charge in [0.1, 0.15) is 6.10 Å². The highest BCUT2D eigenvalue weighted by Crippen LogP contribution is 2.30. The molecular formula is C12H22O2. The van der Waals surface area contributed by atoms with E-state index in [1.165, 1.54) is 12.0 Å². The highest BCUT2D eigenvalue weighted by atomic mass is 17.1. The van der Waals surface area contributed by atoms with Crippen molar-refractivity contribution in [1.29, 1.82) is 0 Å². The molecule has 1 N–H and O–H groups in total. The Bertz CT molecular complexity index is 201. The molecule has 1 aliphatic rings. The summed E-state index contributed by atoms with van der Waals surface area (Å²) in [6, 6.07) is 0. The zero-order chi connectivity index (χ0) is 10.6. The fourth-order valence-electron chi connectivity index (χ4n) is 2.00. The van der Waals surface area contributed by atoms with Gasteiger partial charge in [-0.1, -0.05) is 33.3 Å². The zero-order valence-corrected chi connectivity index (χ0v) is 9.55.